The maximum absolute atomic E-state index is 13.0. The van der Waals surface area contributed by atoms with Crippen LogP contribution in [-0.2, 0) is 16.1 Å². The Bertz CT molecular complexity index is 790. The van der Waals surface area contributed by atoms with Gasteiger partial charge in [0.15, 0.2) is 0 Å². The maximum atomic E-state index is 13.0. The molecule has 0 radical (unpaired) electrons. The summed E-state index contributed by atoms with van der Waals surface area (Å²) in [7, 11) is 0. The number of hydrogen-bond acceptors (Lipinski definition) is 3. The molecule has 5 nitrogen and oxygen atoms in total. The van der Waals surface area contributed by atoms with E-state index in [1.165, 1.54) is 5.56 Å². The molecule has 2 atom stereocenters. The average Bonchev–Trinajstić information content (AvgIpc) is 2.76. The lowest BCUT2D eigenvalue weighted by Crippen LogP contribution is -2.49. The summed E-state index contributed by atoms with van der Waals surface area (Å²) in [6, 6.07) is 17.2. The van der Waals surface area contributed by atoms with Crippen LogP contribution in [0.2, 0.25) is 0 Å². The van der Waals surface area contributed by atoms with Crippen molar-refractivity contribution in [3.63, 3.8) is 0 Å². The van der Waals surface area contributed by atoms with Crippen molar-refractivity contribution in [3.05, 3.63) is 65.7 Å². The maximum Gasteiger partial charge on any atom is 0.242 e. The SMILES string of the molecule is CC[C@@H](C)NC(=O)[C@H](C)N(Cc1ccccc1)C(=O)CCCOc1ccc(C)cc1. The van der Waals surface area contributed by atoms with E-state index in [9.17, 15) is 9.59 Å². The zero-order valence-corrected chi connectivity index (χ0v) is 18.6. The molecule has 162 valence electrons. The van der Waals surface area contributed by atoms with Crippen molar-refractivity contribution in [1.82, 2.24) is 10.2 Å². The Hall–Kier alpha value is -2.82. The van der Waals surface area contributed by atoms with Gasteiger partial charge in [0.05, 0.1) is 6.61 Å². The van der Waals surface area contributed by atoms with Gasteiger partial charge in [0.1, 0.15) is 11.8 Å². The van der Waals surface area contributed by atoms with Crippen molar-refractivity contribution < 1.29 is 14.3 Å². The van der Waals surface area contributed by atoms with E-state index < -0.39 is 6.04 Å². The van der Waals surface area contributed by atoms with Gasteiger partial charge in [-0.15, -0.1) is 0 Å². The Kier molecular flexibility index (Phi) is 9.39. The third kappa shape index (κ3) is 7.54. The van der Waals surface area contributed by atoms with Gasteiger partial charge < -0.3 is 15.0 Å². The summed E-state index contributed by atoms with van der Waals surface area (Å²) in [4.78, 5) is 27.3. The summed E-state index contributed by atoms with van der Waals surface area (Å²) in [6.07, 6.45) is 1.78. The predicted octanol–water partition coefficient (Wildman–Crippen LogP) is 4.49. The molecule has 0 heterocycles. The number of ether oxygens (including phenoxy) is 1. The summed E-state index contributed by atoms with van der Waals surface area (Å²) >= 11 is 0. The fourth-order valence-electron chi connectivity index (χ4n) is 3.02. The Morgan fingerprint density at radius 2 is 1.70 bits per heavy atom. The Balaban J connectivity index is 1.96. The highest BCUT2D eigenvalue weighted by atomic mass is 16.5. The molecule has 1 N–H and O–H groups in total. The van der Waals surface area contributed by atoms with E-state index in [4.69, 9.17) is 4.74 Å². The molecular formula is C25H34N2O3. The topological polar surface area (TPSA) is 58.6 Å². The van der Waals surface area contributed by atoms with Crippen molar-refractivity contribution in [2.75, 3.05) is 6.61 Å². The molecule has 0 spiro atoms. The number of amides is 2. The number of rotatable bonds is 11. The fraction of sp³-hybridized carbons (Fsp3) is 0.440. The number of nitrogens with zero attached hydrogens (tertiary/aromatic N) is 1. The molecule has 0 aliphatic heterocycles. The van der Waals surface area contributed by atoms with E-state index in [0.717, 1.165) is 17.7 Å². The zero-order chi connectivity index (χ0) is 21.9. The van der Waals surface area contributed by atoms with Gasteiger partial charge in [-0.25, -0.2) is 0 Å². The average molecular weight is 411 g/mol. The van der Waals surface area contributed by atoms with Gasteiger partial charge in [-0.3, -0.25) is 9.59 Å². The molecule has 2 aromatic rings. The molecule has 2 rings (SSSR count). The molecule has 5 heteroatoms. The first kappa shape index (κ1) is 23.5. The molecule has 30 heavy (non-hydrogen) atoms. The van der Waals surface area contributed by atoms with Crippen LogP contribution in [0, 0.1) is 6.92 Å². The van der Waals surface area contributed by atoms with Crippen molar-refractivity contribution in [2.24, 2.45) is 0 Å². The normalized spacial score (nSPS) is 12.7. The Morgan fingerprint density at radius 1 is 1.03 bits per heavy atom. The highest BCUT2D eigenvalue weighted by Gasteiger charge is 2.26. The van der Waals surface area contributed by atoms with Crippen molar-refractivity contribution in [3.8, 4) is 5.75 Å². The quantitative estimate of drug-likeness (QED) is 0.556. The van der Waals surface area contributed by atoms with Crippen LogP contribution in [0.25, 0.3) is 0 Å². The second kappa shape index (κ2) is 12.0. The van der Waals surface area contributed by atoms with E-state index in [-0.39, 0.29) is 17.9 Å². The minimum absolute atomic E-state index is 0.0434. The molecule has 0 aliphatic rings. The molecule has 0 bridgehead atoms. The lowest BCUT2D eigenvalue weighted by atomic mass is 10.1. The number of hydrogen-bond donors (Lipinski definition) is 1. The molecule has 0 aliphatic carbocycles. The minimum atomic E-state index is -0.537. The third-order valence-electron chi connectivity index (χ3n) is 5.19. The van der Waals surface area contributed by atoms with Crippen LogP contribution in [0.3, 0.4) is 0 Å². The first-order chi connectivity index (χ1) is 14.4. The van der Waals surface area contributed by atoms with Crippen molar-refractivity contribution in [1.29, 1.82) is 0 Å². The van der Waals surface area contributed by atoms with E-state index in [1.54, 1.807) is 11.8 Å². The first-order valence-electron chi connectivity index (χ1n) is 10.7. The Morgan fingerprint density at radius 3 is 2.33 bits per heavy atom. The predicted molar refractivity (Wildman–Crippen MR) is 120 cm³/mol. The molecule has 0 saturated carbocycles. The molecule has 0 saturated heterocycles. The summed E-state index contributed by atoms with van der Waals surface area (Å²) in [5.41, 5.74) is 2.18. The standard InChI is InChI=1S/C25H34N2O3/c1-5-20(3)26-25(29)21(4)27(18-22-10-7-6-8-11-22)24(28)12-9-17-30-23-15-13-19(2)14-16-23/h6-8,10-11,13-16,20-21H,5,9,12,17-18H2,1-4H3,(H,26,29)/t20-,21+/m1/s1. The van der Waals surface area contributed by atoms with Gasteiger partial charge in [-0.1, -0.05) is 55.0 Å². The Labute approximate surface area is 180 Å². The van der Waals surface area contributed by atoms with Gasteiger partial charge in [0, 0.05) is 19.0 Å². The van der Waals surface area contributed by atoms with E-state index >= 15 is 0 Å². The van der Waals surface area contributed by atoms with E-state index in [0.29, 0.717) is 26.0 Å². The lowest BCUT2D eigenvalue weighted by molar-refractivity contribution is -0.141. The molecule has 2 aromatic carbocycles. The van der Waals surface area contributed by atoms with Gasteiger partial charge in [0.25, 0.3) is 0 Å². The largest absolute Gasteiger partial charge is 0.494 e. The number of carbonyl (C=O) groups is 2. The second-order valence-corrected chi connectivity index (χ2v) is 7.77. The second-order valence-electron chi connectivity index (χ2n) is 7.77. The summed E-state index contributed by atoms with van der Waals surface area (Å²) in [5.74, 6) is 0.637. The summed E-state index contributed by atoms with van der Waals surface area (Å²) in [5, 5.41) is 2.99. The minimum Gasteiger partial charge on any atom is -0.494 e. The number of aryl methyl sites for hydroxylation is 1. The van der Waals surface area contributed by atoms with E-state index in [1.807, 2.05) is 75.4 Å². The molecule has 0 unspecified atom stereocenters. The summed E-state index contributed by atoms with van der Waals surface area (Å²) in [6.45, 7) is 8.69. The van der Waals surface area contributed by atoms with E-state index in [2.05, 4.69) is 5.32 Å². The molecule has 2 amide bonds. The summed E-state index contributed by atoms with van der Waals surface area (Å²) < 4.78 is 5.73. The monoisotopic (exact) mass is 410 g/mol. The van der Waals surface area contributed by atoms with Crippen LogP contribution < -0.4 is 10.1 Å². The first-order valence-corrected chi connectivity index (χ1v) is 10.7. The highest BCUT2D eigenvalue weighted by Crippen LogP contribution is 2.14. The van der Waals surface area contributed by atoms with Crippen LogP contribution >= 0.6 is 0 Å². The van der Waals surface area contributed by atoms with Gasteiger partial charge >= 0.3 is 0 Å². The highest BCUT2D eigenvalue weighted by molar-refractivity contribution is 5.87. The number of carbonyl (C=O) groups excluding carboxylic acids is 2. The van der Waals surface area contributed by atoms with Crippen LogP contribution in [0.4, 0.5) is 0 Å². The zero-order valence-electron chi connectivity index (χ0n) is 18.6. The fourth-order valence-corrected chi connectivity index (χ4v) is 3.02. The lowest BCUT2D eigenvalue weighted by Gasteiger charge is -2.29. The third-order valence-corrected chi connectivity index (χ3v) is 5.19. The number of benzene rings is 2. The van der Waals surface area contributed by atoms with Gasteiger partial charge in [-0.2, -0.15) is 0 Å². The molecule has 0 fully saturated rings. The van der Waals surface area contributed by atoms with Gasteiger partial charge in [0.2, 0.25) is 11.8 Å². The van der Waals surface area contributed by atoms with Crippen molar-refractivity contribution >= 4 is 11.8 Å². The smallest absolute Gasteiger partial charge is 0.242 e. The molecule has 0 aromatic heterocycles. The van der Waals surface area contributed by atoms with Crippen LogP contribution in [0.5, 0.6) is 5.75 Å². The van der Waals surface area contributed by atoms with Crippen LogP contribution in [0.15, 0.2) is 54.6 Å². The van der Waals surface area contributed by atoms with Crippen LogP contribution in [0.1, 0.15) is 51.2 Å². The number of nitrogens with one attached hydrogen (secondary N) is 1. The van der Waals surface area contributed by atoms with Gasteiger partial charge in [-0.05, 0) is 51.3 Å². The van der Waals surface area contributed by atoms with Crippen LogP contribution in [-0.4, -0.2) is 35.4 Å². The molecular weight excluding hydrogens is 376 g/mol. The van der Waals surface area contributed by atoms with Crippen molar-refractivity contribution in [2.45, 2.75) is 65.6 Å².